The van der Waals surface area contributed by atoms with Gasteiger partial charge in [0.25, 0.3) is 0 Å². The third-order valence-electron chi connectivity index (χ3n) is 16.6. The number of aromatic nitrogens is 3. The van der Waals surface area contributed by atoms with Gasteiger partial charge in [-0.3, -0.25) is 0 Å². The molecule has 0 N–H and O–H groups in total. The Morgan fingerprint density at radius 1 is 0.474 bits per heavy atom. The quantitative estimate of drug-likeness (QED) is 0.141. The molecule has 6 aromatic carbocycles. The molecule has 4 aliphatic rings. The Kier molecular flexibility index (Phi) is 13.1. The molecular formula is C75H82N3+3. The third-order valence-corrected chi connectivity index (χ3v) is 16.6. The van der Waals surface area contributed by atoms with E-state index in [0.29, 0.717) is 0 Å². The van der Waals surface area contributed by atoms with E-state index in [0.717, 1.165) is 54.6 Å². The van der Waals surface area contributed by atoms with Gasteiger partial charge < -0.3 is 0 Å². The molecule has 3 aromatic heterocycles. The summed E-state index contributed by atoms with van der Waals surface area (Å²) in [6.45, 7) is 16.3. The number of hydrogen-bond donors (Lipinski definition) is 0. The van der Waals surface area contributed by atoms with Gasteiger partial charge in [-0.15, -0.1) is 0 Å². The second kappa shape index (κ2) is 21.9. The van der Waals surface area contributed by atoms with Crippen LogP contribution in [0.3, 0.4) is 0 Å². The smallest absolute Gasteiger partial charge is 0.201 e. The molecule has 0 radical (unpaired) electrons. The zero-order chi connectivity index (χ0) is 58.9. The van der Waals surface area contributed by atoms with E-state index in [-0.39, 0.29) is 5.92 Å². The van der Waals surface area contributed by atoms with Crippen molar-refractivity contribution in [3.63, 3.8) is 0 Å². The van der Waals surface area contributed by atoms with Gasteiger partial charge in [0.1, 0.15) is 21.1 Å². The van der Waals surface area contributed by atoms with Crippen molar-refractivity contribution in [2.45, 2.75) is 125 Å². The minimum atomic E-state index is -1.41. The molecule has 0 amide bonds. The topological polar surface area (TPSA) is 11.6 Å². The highest BCUT2D eigenvalue weighted by Crippen LogP contribution is 2.46. The Balaban J connectivity index is 0.000000130. The fourth-order valence-corrected chi connectivity index (χ4v) is 12.9. The highest BCUT2D eigenvalue weighted by molar-refractivity contribution is 5.87. The van der Waals surface area contributed by atoms with Crippen molar-refractivity contribution in [3.8, 4) is 67.2 Å². The van der Waals surface area contributed by atoms with Crippen molar-refractivity contribution >= 4 is 0 Å². The Hall–Kier alpha value is -7.23. The first-order valence-electron chi connectivity index (χ1n) is 31.1. The predicted molar refractivity (Wildman–Crippen MR) is 326 cm³/mol. The van der Waals surface area contributed by atoms with E-state index in [1.54, 1.807) is 0 Å². The van der Waals surface area contributed by atoms with Crippen LogP contribution >= 0.6 is 0 Å². The maximum Gasteiger partial charge on any atom is 0.213 e. The van der Waals surface area contributed by atoms with Crippen molar-refractivity contribution in [1.82, 2.24) is 0 Å². The Labute approximate surface area is 474 Å². The number of hydrogen-bond acceptors (Lipinski definition) is 0. The SMILES string of the molecule is [2H]C([2H])(c1cc[n+](C)c(-c2c(C)ccc3c2Cc2ccccc2-3)c1)C(C)(C)C.[2H]C([2H])(c1cc[n+](C)c(-c2c(C)ccc3c2Cc2ccccc2-3)c1)C(C)C.[2H]C1(c2cc[n+](C)c(-c3c(C)ccc4c3Cc3ccccc3-4)c2)CCCCC1. The molecule has 78 heavy (non-hydrogen) atoms. The maximum atomic E-state index is 9.09. The second-order valence-corrected chi connectivity index (χ2v) is 23.9. The lowest BCUT2D eigenvalue weighted by atomic mass is 9.83. The van der Waals surface area contributed by atoms with Gasteiger partial charge in [-0.25, -0.2) is 13.7 Å². The Morgan fingerprint density at radius 2 is 0.859 bits per heavy atom. The maximum absolute atomic E-state index is 9.09. The molecule has 0 atom stereocenters. The molecule has 3 heterocycles. The minimum absolute atomic E-state index is 0.0788. The highest BCUT2D eigenvalue weighted by Gasteiger charge is 2.30. The van der Waals surface area contributed by atoms with Gasteiger partial charge in [0.15, 0.2) is 18.6 Å². The lowest BCUT2D eigenvalue weighted by molar-refractivity contribution is -0.660. The molecule has 0 bridgehead atoms. The van der Waals surface area contributed by atoms with Crippen LogP contribution in [-0.4, -0.2) is 0 Å². The normalized spacial score (nSPS) is 15.6. The summed E-state index contributed by atoms with van der Waals surface area (Å²) in [6, 6.07) is 51.9. The summed E-state index contributed by atoms with van der Waals surface area (Å²) in [5.41, 5.74) is 29.6. The third kappa shape index (κ3) is 10.6. The van der Waals surface area contributed by atoms with Crippen molar-refractivity contribution in [2.75, 3.05) is 0 Å². The van der Waals surface area contributed by atoms with Crippen molar-refractivity contribution in [3.05, 3.63) is 231 Å². The average molecular weight is 1030 g/mol. The van der Waals surface area contributed by atoms with Crippen molar-refractivity contribution < 1.29 is 20.6 Å². The average Bonchev–Trinajstić information content (AvgIpc) is 4.38. The van der Waals surface area contributed by atoms with Crippen LogP contribution in [0.15, 0.2) is 164 Å². The minimum Gasteiger partial charge on any atom is -0.201 e. The number of pyridine rings is 3. The number of nitrogens with zero attached hydrogens (tertiary/aromatic N) is 3. The fraction of sp³-hybridized carbons (Fsp3) is 0.320. The van der Waals surface area contributed by atoms with Gasteiger partial charge in [0.2, 0.25) is 17.1 Å². The fourth-order valence-electron chi connectivity index (χ4n) is 12.9. The monoisotopic (exact) mass is 1030 g/mol. The molecule has 13 rings (SSSR count). The number of fused-ring (bicyclic) bond motifs is 9. The molecule has 9 aromatic rings. The summed E-state index contributed by atoms with van der Waals surface area (Å²) in [5.74, 6) is -0.499. The summed E-state index contributed by atoms with van der Waals surface area (Å²) in [4.78, 5) is 0. The largest absolute Gasteiger partial charge is 0.213 e. The molecule has 1 fully saturated rings. The Bertz CT molecular complexity index is 3990. The van der Waals surface area contributed by atoms with Crippen LogP contribution in [0.25, 0.3) is 67.2 Å². The van der Waals surface area contributed by atoms with E-state index in [2.05, 4.69) is 175 Å². The Morgan fingerprint density at radius 3 is 1.28 bits per heavy atom. The van der Waals surface area contributed by atoms with Gasteiger partial charge in [0, 0.05) is 43.3 Å². The molecule has 0 aliphatic heterocycles. The first kappa shape index (κ1) is 46.8. The van der Waals surface area contributed by atoms with E-state index >= 15 is 0 Å². The summed E-state index contributed by atoms with van der Waals surface area (Å²) in [7, 11) is 6.23. The lowest BCUT2D eigenvalue weighted by Gasteiger charge is -2.22. The van der Waals surface area contributed by atoms with Gasteiger partial charge in [-0.05, 0) is 183 Å². The van der Waals surface area contributed by atoms with Gasteiger partial charge in [-0.1, -0.05) is 163 Å². The van der Waals surface area contributed by atoms with E-state index in [9.17, 15) is 0 Å². The molecule has 3 heteroatoms. The zero-order valence-electron chi connectivity index (χ0n) is 53.2. The standard InChI is InChI=1S/C26H28N.C25H28N.C24H26N/c1-18-12-13-23-22-11-7-6-10-21(22)16-24(23)26(18)25-17-20(14-15-27(25)2)19-8-4-3-5-9-19;1-17-10-11-21-20-9-7-6-8-19(20)15-22(21)24(17)23-14-18(12-13-26(23)5)16-25(2,3)4;1-16(2)13-18-11-12-25(4)23(14-18)24-17(3)9-10-21-20-8-6-5-7-19(20)15-22(21)24/h6-7,10-15,17,19H,3-5,8-9,16H2,1-2H3;6-14H,15-16H2,1-5H3;5-12,14,16H,13,15H2,1-4H3/q3*+1/i19D;16D2;13D2. The van der Waals surface area contributed by atoms with Crippen LogP contribution < -0.4 is 13.7 Å². The van der Waals surface area contributed by atoms with E-state index < -0.39 is 24.1 Å². The zero-order valence-corrected chi connectivity index (χ0v) is 48.2. The summed E-state index contributed by atoms with van der Waals surface area (Å²) < 4.78 is 50.0. The lowest BCUT2D eigenvalue weighted by Crippen LogP contribution is -2.31. The summed E-state index contributed by atoms with van der Waals surface area (Å²) >= 11 is 0. The number of benzene rings is 6. The van der Waals surface area contributed by atoms with Gasteiger partial charge in [0.05, 0.1) is 16.7 Å². The number of aryl methyl sites for hydroxylation is 6. The summed E-state index contributed by atoms with van der Waals surface area (Å²) in [6.07, 6.45) is 11.8. The molecule has 4 aliphatic carbocycles. The molecule has 0 unspecified atom stereocenters. The van der Waals surface area contributed by atoms with E-state index in [1.807, 2.05) is 79.3 Å². The van der Waals surface area contributed by atoms with Crippen molar-refractivity contribution in [1.29, 1.82) is 0 Å². The van der Waals surface area contributed by atoms with Crippen molar-refractivity contribution in [2.24, 2.45) is 32.5 Å². The predicted octanol–water partition coefficient (Wildman–Crippen LogP) is 17.0. The van der Waals surface area contributed by atoms with Crippen LogP contribution in [0.2, 0.25) is 0 Å². The van der Waals surface area contributed by atoms with Gasteiger partial charge in [-0.2, -0.15) is 0 Å². The van der Waals surface area contributed by atoms with Crippen LogP contribution in [0.1, 0.15) is 146 Å². The summed E-state index contributed by atoms with van der Waals surface area (Å²) in [5, 5.41) is 0. The van der Waals surface area contributed by atoms with Gasteiger partial charge >= 0.3 is 0 Å². The first-order chi connectivity index (χ1) is 39.5. The highest BCUT2D eigenvalue weighted by atomic mass is 14.9. The van der Waals surface area contributed by atoms with E-state index in [1.165, 1.54) is 131 Å². The van der Waals surface area contributed by atoms with Crippen LogP contribution in [0, 0.1) is 32.1 Å². The van der Waals surface area contributed by atoms with Crippen LogP contribution in [-0.2, 0) is 53.2 Å². The van der Waals surface area contributed by atoms with Crippen LogP contribution in [0.5, 0.6) is 0 Å². The molecule has 1 saturated carbocycles. The molecular weight excluding hydrogens is 943 g/mol. The van der Waals surface area contributed by atoms with Crippen LogP contribution in [0.4, 0.5) is 0 Å². The van der Waals surface area contributed by atoms with E-state index in [4.69, 9.17) is 6.85 Å². The molecule has 0 spiro atoms. The molecule has 394 valence electrons. The first-order valence-corrected chi connectivity index (χ1v) is 28.6. The second-order valence-electron chi connectivity index (χ2n) is 23.9. The number of rotatable bonds is 7. The molecule has 3 nitrogen and oxygen atoms in total. The molecule has 0 saturated heterocycles.